The number of para-hydroxylation sites is 2. The number of hydrogen-bond donors (Lipinski definition) is 0. The second-order valence-corrected chi connectivity index (χ2v) is 17.6. The molecule has 0 unspecified atom stereocenters. The number of aromatic nitrogens is 2. The largest absolute Gasteiger partial charge is 0.310 e. The van der Waals surface area contributed by atoms with Gasteiger partial charge in [-0.25, -0.2) is 0 Å². The van der Waals surface area contributed by atoms with Crippen molar-refractivity contribution in [3.05, 3.63) is 162 Å². The van der Waals surface area contributed by atoms with Crippen LogP contribution in [0.3, 0.4) is 0 Å². The summed E-state index contributed by atoms with van der Waals surface area (Å²) in [6.07, 6.45) is 0. The van der Waals surface area contributed by atoms with Gasteiger partial charge in [-0.1, -0.05) is 143 Å². The Morgan fingerprint density at radius 3 is 1.91 bits per heavy atom. The van der Waals surface area contributed by atoms with E-state index in [2.05, 4.69) is 176 Å². The summed E-state index contributed by atoms with van der Waals surface area (Å²) in [6.45, 7) is 9.77. The third kappa shape index (κ3) is 3.08. The molecule has 4 aliphatic rings. The Labute approximate surface area is 319 Å². The topological polar surface area (TPSA) is 9.86 Å². The first-order valence-electron chi connectivity index (χ1n) is 19.8. The summed E-state index contributed by atoms with van der Waals surface area (Å²) in [5, 5.41) is 8.03. The van der Waals surface area contributed by atoms with Gasteiger partial charge in [-0.2, -0.15) is 0 Å². The van der Waals surface area contributed by atoms with E-state index in [0.29, 0.717) is 0 Å². The van der Waals surface area contributed by atoms with Gasteiger partial charge < -0.3 is 9.13 Å². The second kappa shape index (κ2) is 9.13. The van der Waals surface area contributed by atoms with Crippen molar-refractivity contribution >= 4 is 77.5 Å². The summed E-state index contributed by atoms with van der Waals surface area (Å²) in [5.41, 5.74) is 23.2. The van der Waals surface area contributed by atoms with E-state index < -0.39 is 0 Å². The lowest BCUT2D eigenvalue weighted by Gasteiger charge is -2.34. The lowest BCUT2D eigenvalue weighted by molar-refractivity contribution is 0.661. The quantitative estimate of drug-likeness (QED) is 0.140. The molecular weight excluding hydrogens is 663 g/mol. The monoisotopic (exact) mass is 698 g/mol. The first-order valence-corrected chi connectivity index (χ1v) is 19.8. The third-order valence-corrected chi connectivity index (χ3v) is 14.4. The fraction of sp³-hybridized carbons (Fsp3) is 0.115. The van der Waals surface area contributed by atoms with E-state index in [1.807, 2.05) is 0 Å². The molecule has 4 heterocycles. The number of benzene rings is 8. The number of hydrogen-bond acceptors (Lipinski definition) is 0. The zero-order chi connectivity index (χ0) is 36.3. The van der Waals surface area contributed by atoms with E-state index in [0.717, 1.165) is 0 Å². The molecule has 10 aromatic rings. The van der Waals surface area contributed by atoms with Gasteiger partial charge in [0, 0.05) is 54.5 Å². The summed E-state index contributed by atoms with van der Waals surface area (Å²) in [7, 11) is 0. The van der Waals surface area contributed by atoms with Crippen molar-refractivity contribution in [2.24, 2.45) is 0 Å². The van der Waals surface area contributed by atoms with Crippen molar-refractivity contribution in [3.63, 3.8) is 0 Å². The van der Waals surface area contributed by atoms with Gasteiger partial charge in [-0.05, 0) is 90.5 Å². The van der Waals surface area contributed by atoms with E-state index >= 15 is 0 Å². The average Bonchev–Trinajstić information content (AvgIpc) is 3.87. The summed E-state index contributed by atoms with van der Waals surface area (Å²) in [6, 6.07) is 53.9. The summed E-state index contributed by atoms with van der Waals surface area (Å²) < 4.78 is 5.32. The van der Waals surface area contributed by atoms with Crippen LogP contribution >= 0.6 is 0 Å². The van der Waals surface area contributed by atoms with Gasteiger partial charge in [0.25, 0.3) is 6.71 Å². The molecular formula is C52H35BN2. The molecule has 0 N–H and O–H groups in total. The van der Waals surface area contributed by atoms with Crippen LogP contribution in [0.25, 0.3) is 88.0 Å². The smallest absolute Gasteiger partial charge is 0.252 e. The molecule has 0 saturated heterocycles. The van der Waals surface area contributed by atoms with E-state index in [1.54, 1.807) is 0 Å². The van der Waals surface area contributed by atoms with Crippen molar-refractivity contribution in [1.29, 1.82) is 0 Å². The fourth-order valence-electron chi connectivity index (χ4n) is 12.2. The molecule has 14 rings (SSSR count). The van der Waals surface area contributed by atoms with Gasteiger partial charge in [0.05, 0.1) is 16.7 Å². The minimum absolute atomic E-state index is 0.0814. The van der Waals surface area contributed by atoms with Crippen molar-refractivity contribution in [1.82, 2.24) is 9.13 Å². The van der Waals surface area contributed by atoms with Crippen molar-refractivity contribution < 1.29 is 0 Å². The van der Waals surface area contributed by atoms with Crippen LogP contribution in [0.15, 0.2) is 140 Å². The highest BCUT2D eigenvalue weighted by molar-refractivity contribution is 7.00. The molecule has 0 bridgehead atoms. The predicted octanol–water partition coefficient (Wildman–Crippen LogP) is 10.8. The van der Waals surface area contributed by atoms with Crippen LogP contribution in [0.4, 0.5) is 0 Å². The van der Waals surface area contributed by atoms with Crippen LogP contribution < -0.4 is 16.4 Å². The van der Waals surface area contributed by atoms with Gasteiger partial charge in [-0.15, -0.1) is 0 Å². The Morgan fingerprint density at radius 1 is 0.455 bits per heavy atom. The molecule has 0 atom stereocenters. The molecule has 2 nitrogen and oxygen atoms in total. The molecule has 8 aromatic carbocycles. The summed E-state index contributed by atoms with van der Waals surface area (Å²) in [4.78, 5) is 0. The summed E-state index contributed by atoms with van der Waals surface area (Å²) >= 11 is 0. The molecule has 0 spiro atoms. The van der Waals surface area contributed by atoms with Gasteiger partial charge in [0.2, 0.25) is 0 Å². The maximum absolute atomic E-state index is 2.67. The Balaban J connectivity index is 1.17. The SMILES string of the molecule is CC1(C)c2ccccc2-c2cc3c4cccc5c4n(c3cc21)-c1cc2ccccc2c2c1B5c1cccc3c4c5c(ccc4n-2c13)-c1ccccc1C5(C)C. The number of rotatable bonds is 0. The molecule has 2 aromatic heterocycles. The third-order valence-electron chi connectivity index (χ3n) is 14.4. The predicted molar refractivity (Wildman–Crippen MR) is 232 cm³/mol. The second-order valence-electron chi connectivity index (χ2n) is 17.6. The molecule has 0 fully saturated rings. The molecule has 2 aliphatic carbocycles. The molecule has 0 saturated carbocycles. The first kappa shape index (κ1) is 29.1. The Bertz CT molecular complexity index is 3500. The van der Waals surface area contributed by atoms with E-state index in [4.69, 9.17) is 0 Å². The fourth-order valence-corrected chi connectivity index (χ4v) is 12.2. The highest BCUT2D eigenvalue weighted by Crippen LogP contribution is 2.55. The highest BCUT2D eigenvalue weighted by Gasteiger charge is 2.44. The normalized spacial score (nSPS) is 15.9. The lowest BCUT2D eigenvalue weighted by atomic mass is 9.34. The number of fused-ring (bicyclic) bond motifs is 19. The minimum Gasteiger partial charge on any atom is -0.310 e. The Kier molecular flexibility index (Phi) is 4.83. The maximum Gasteiger partial charge on any atom is 0.252 e. The molecule has 2 aliphatic heterocycles. The number of nitrogens with zero attached hydrogens (tertiary/aromatic N) is 2. The summed E-state index contributed by atoms with van der Waals surface area (Å²) in [5.74, 6) is 0. The van der Waals surface area contributed by atoms with Gasteiger partial charge in [0.1, 0.15) is 0 Å². The van der Waals surface area contributed by atoms with Crippen molar-refractivity contribution in [2.75, 3.05) is 0 Å². The molecule has 55 heavy (non-hydrogen) atoms. The van der Waals surface area contributed by atoms with E-state index in [9.17, 15) is 0 Å². The van der Waals surface area contributed by atoms with Crippen molar-refractivity contribution in [2.45, 2.75) is 38.5 Å². The van der Waals surface area contributed by atoms with Crippen LogP contribution in [0.1, 0.15) is 49.9 Å². The van der Waals surface area contributed by atoms with Crippen molar-refractivity contribution in [3.8, 4) is 33.6 Å². The zero-order valence-corrected chi connectivity index (χ0v) is 31.3. The van der Waals surface area contributed by atoms with Gasteiger partial charge in [-0.3, -0.25) is 0 Å². The van der Waals surface area contributed by atoms with Crippen LogP contribution in [-0.2, 0) is 10.8 Å². The standard InChI is InChI=1S/C52H35BN2/c1-51(2)37-19-9-8-16-31(37)35-26-36-33-17-11-21-40-48(33)54(43(36)27-39(35)51)44-25-28-13-5-6-14-29(28)50-47(44)53(40)41-22-12-18-34-45-42(55(50)49(34)41)24-23-32-30-15-7-10-20-38(30)52(3,4)46(32)45/h5-27H,1-4H3. The van der Waals surface area contributed by atoms with Crippen LogP contribution in [0, 0.1) is 0 Å². The van der Waals surface area contributed by atoms with Gasteiger partial charge >= 0.3 is 0 Å². The molecule has 0 radical (unpaired) electrons. The Morgan fingerprint density at radius 2 is 1.11 bits per heavy atom. The zero-order valence-electron chi connectivity index (χ0n) is 31.3. The molecule has 3 heteroatoms. The van der Waals surface area contributed by atoms with E-state index in [-0.39, 0.29) is 17.5 Å². The minimum atomic E-state index is -0.120. The van der Waals surface area contributed by atoms with Crippen LogP contribution in [0.5, 0.6) is 0 Å². The maximum atomic E-state index is 2.67. The lowest BCUT2D eigenvalue weighted by Crippen LogP contribution is -2.59. The molecule has 256 valence electrons. The van der Waals surface area contributed by atoms with Crippen LogP contribution in [0.2, 0.25) is 0 Å². The first-order chi connectivity index (χ1) is 26.8. The average molecular weight is 699 g/mol. The van der Waals surface area contributed by atoms with Gasteiger partial charge in [0.15, 0.2) is 0 Å². The van der Waals surface area contributed by atoms with E-state index in [1.165, 1.54) is 127 Å². The highest BCUT2D eigenvalue weighted by atomic mass is 15.0. The van der Waals surface area contributed by atoms with Crippen LogP contribution in [-0.4, -0.2) is 15.8 Å². The Hall–Kier alpha value is -6.32. The molecule has 0 amide bonds.